The van der Waals surface area contributed by atoms with Gasteiger partial charge in [0.1, 0.15) is 6.10 Å². The van der Waals surface area contributed by atoms with Gasteiger partial charge in [0, 0.05) is 6.04 Å². The van der Waals surface area contributed by atoms with Crippen LogP contribution in [-0.2, 0) is 0 Å². The van der Waals surface area contributed by atoms with Crippen LogP contribution < -0.4 is 10.1 Å². The van der Waals surface area contributed by atoms with Crippen molar-refractivity contribution >= 4 is 0 Å². The summed E-state index contributed by atoms with van der Waals surface area (Å²) in [5.74, 6) is 0.0291. The third kappa shape index (κ3) is 4.35. The molecule has 1 rings (SSSR count). The van der Waals surface area contributed by atoms with Gasteiger partial charge in [-0.1, -0.05) is 26.0 Å². The second kappa shape index (κ2) is 7.28. The molecule has 0 aromatic heterocycles. The Morgan fingerprint density at radius 2 is 2.00 bits per heavy atom. The summed E-state index contributed by atoms with van der Waals surface area (Å²) >= 11 is 0. The first-order chi connectivity index (χ1) is 8.19. The van der Waals surface area contributed by atoms with Crippen molar-refractivity contribution in [2.45, 2.75) is 45.8 Å². The number of ether oxygens (including phenoxy) is 1. The Hall–Kier alpha value is -1.09. The molecular weight excluding hydrogens is 217 g/mol. The molecule has 0 bridgehead atoms. The van der Waals surface area contributed by atoms with Gasteiger partial charge in [-0.3, -0.25) is 0 Å². The third-order valence-electron chi connectivity index (χ3n) is 2.81. The topological polar surface area (TPSA) is 21.3 Å². The van der Waals surface area contributed by atoms with Gasteiger partial charge in [0.05, 0.1) is 0 Å². The van der Waals surface area contributed by atoms with Gasteiger partial charge in [0.15, 0.2) is 11.6 Å². The van der Waals surface area contributed by atoms with E-state index in [4.69, 9.17) is 4.74 Å². The lowest BCUT2D eigenvalue weighted by Gasteiger charge is -2.25. The molecule has 0 amide bonds. The Bertz CT molecular complexity index is 330. The highest BCUT2D eigenvalue weighted by molar-refractivity contribution is 5.23. The summed E-state index contributed by atoms with van der Waals surface area (Å²) in [6.07, 6.45) is 2.02. The number of hydrogen-bond acceptors (Lipinski definition) is 2. The van der Waals surface area contributed by atoms with Crippen LogP contribution in [0.2, 0.25) is 0 Å². The fourth-order valence-corrected chi connectivity index (χ4v) is 1.79. The molecule has 1 aromatic carbocycles. The van der Waals surface area contributed by atoms with Crippen molar-refractivity contribution in [2.24, 2.45) is 0 Å². The predicted molar refractivity (Wildman–Crippen MR) is 68.9 cm³/mol. The van der Waals surface area contributed by atoms with E-state index in [9.17, 15) is 4.39 Å². The summed E-state index contributed by atoms with van der Waals surface area (Å²) in [7, 11) is 0. The molecule has 0 heterocycles. The zero-order chi connectivity index (χ0) is 12.7. The Morgan fingerprint density at radius 3 is 2.59 bits per heavy atom. The second-order valence-electron chi connectivity index (χ2n) is 4.22. The summed E-state index contributed by atoms with van der Waals surface area (Å²) in [6, 6.07) is 6.79. The van der Waals surface area contributed by atoms with Gasteiger partial charge in [0.25, 0.3) is 0 Å². The van der Waals surface area contributed by atoms with E-state index >= 15 is 0 Å². The lowest BCUT2D eigenvalue weighted by molar-refractivity contribution is 0.160. The minimum Gasteiger partial charge on any atom is -0.486 e. The summed E-state index contributed by atoms with van der Waals surface area (Å²) in [4.78, 5) is 0. The van der Waals surface area contributed by atoms with Crippen molar-refractivity contribution < 1.29 is 9.13 Å². The molecule has 0 spiro atoms. The highest BCUT2D eigenvalue weighted by Crippen LogP contribution is 2.18. The van der Waals surface area contributed by atoms with Crippen molar-refractivity contribution in [1.82, 2.24) is 5.32 Å². The van der Waals surface area contributed by atoms with Gasteiger partial charge < -0.3 is 10.1 Å². The zero-order valence-electron chi connectivity index (χ0n) is 10.9. The second-order valence-corrected chi connectivity index (χ2v) is 4.22. The van der Waals surface area contributed by atoms with Gasteiger partial charge >= 0.3 is 0 Å². The smallest absolute Gasteiger partial charge is 0.165 e. The Kier molecular flexibility index (Phi) is 5.98. The van der Waals surface area contributed by atoms with Gasteiger partial charge in [-0.15, -0.1) is 0 Å². The van der Waals surface area contributed by atoms with Crippen LogP contribution in [0, 0.1) is 5.82 Å². The third-order valence-corrected chi connectivity index (χ3v) is 2.81. The van der Waals surface area contributed by atoms with Crippen LogP contribution in [0.15, 0.2) is 24.3 Å². The molecule has 96 valence electrons. The van der Waals surface area contributed by atoms with Crippen molar-refractivity contribution in [1.29, 1.82) is 0 Å². The molecule has 2 atom stereocenters. The van der Waals surface area contributed by atoms with Crippen LogP contribution >= 0.6 is 0 Å². The number of halogens is 1. The number of hydrogen-bond donors (Lipinski definition) is 1. The molecule has 0 aliphatic heterocycles. The van der Waals surface area contributed by atoms with E-state index in [-0.39, 0.29) is 18.0 Å². The number of para-hydroxylation sites is 1. The molecule has 0 aliphatic rings. The van der Waals surface area contributed by atoms with Crippen LogP contribution in [0.4, 0.5) is 4.39 Å². The van der Waals surface area contributed by atoms with Crippen LogP contribution in [0.3, 0.4) is 0 Å². The number of benzene rings is 1. The molecule has 3 heteroatoms. The molecule has 0 fully saturated rings. The lowest BCUT2D eigenvalue weighted by atomic mass is 10.1. The molecule has 0 saturated heterocycles. The van der Waals surface area contributed by atoms with E-state index in [0.29, 0.717) is 5.75 Å². The Balaban J connectivity index is 2.57. The van der Waals surface area contributed by atoms with Crippen LogP contribution in [-0.4, -0.2) is 18.7 Å². The molecule has 17 heavy (non-hydrogen) atoms. The van der Waals surface area contributed by atoms with Crippen molar-refractivity contribution in [3.05, 3.63) is 30.1 Å². The minimum atomic E-state index is -0.301. The Labute approximate surface area is 103 Å². The maximum atomic E-state index is 13.4. The standard InChI is InChI=1S/C14H22FNO/c1-4-10-16-13(5-2)11(3)17-14-9-7-6-8-12(14)15/h6-9,11,13,16H,4-5,10H2,1-3H3. The van der Waals surface area contributed by atoms with Gasteiger partial charge in [-0.25, -0.2) is 4.39 Å². The molecule has 1 aromatic rings. The Morgan fingerprint density at radius 1 is 1.29 bits per heavy atom. The van der Waals surface area contributed by atoms with E-state index in [0.717, 1.165) is 19.4 Å². The van der Waals surface area contributed by atoms with Crippen molar-refractivity contribution in [2.75, 3.05) is 6.54 Å². The summed E-state index contributed by atoms with van der Waals surface area (Å²) in [6.45, 7) is 7.17. The highest BCUT2D eigenvalue weighted by atomic mass is 19.1. The summed E-state index contributed by atoms with van der Waals surface area (Å²) in [5.41, 5.74) is 0. The summed E-state index contributed by atoms with van der Waals surface area (Å²) < 4.78 is 19.1. The molecular formula is C14H22FNO. The summed E-state index contributed by atoms with van der Waals surface area (Å²) in [5, 5.41) is 3.41. The van der Waals surface area contributed by atoms with Crippen LogP contribution in [0.1, 0.15) is 33.6 Å². The first kappa shape index (κ1) is 14.0. The molecule has 2 nitrogen and oxygen atoms in total. The predicted octanol–water partition coefficient (Wildman–Crippen LogP) is 3.37. The normalized spacial score (nSPS) is 14.4. The SMILES string of the molecule is CCCNC(CC)C(C)Oc1ccccc1F. The quantitative estimate of drug-likeness (QED) is 0.787. The largest absolute Gasteiger partial charge is 0.486 e. The van der Waals surface area contributed by atoms with Crippen LogP contribution in [0.5, 0.6) is 5.75 Å². The minimum absolute atomic E-state index is 0.0385. The first-order valence-electron chi connectivity index (χ1n) is 6.33. The van der Waals surface area contributed by atoms with Crippen molar-refractivity contribution in [3.8, 4) is 5.75 Å². The molecule has 1 N–H and O–H groups in total. The van der Waals surface area contributed by atoms with E-state index in [2.05, 4.69) is 19.2 Å². The highest BCUT2D eigenvalue weighted by Gasteiger charge is 2.17. The van der Waals surface area contributed by atoms with Crippen LogP contribution in [0.25, 0.3) is 0 Å². The maximum Gasteiger partial charge on any atom is 0.165 e. The maximum absolute atomic E-state index is 13.4. The average molecular weight is 239 g/mol. The molecule has 2 unspecified atom stereocenters. The van der Waals surface area contributed by atoms with E-state index < -0.39 is 0 Å². The fourth-order valence-electron chi connectivity index (χ4n) is 1.79. The van der Waals surface area contributed by atoms with E-state index in [1.807, 2.05) is 6.92 Å². The monoisotopic (exact) mass is 239 g/mol. The molecule has 0 saturated carbocycles. The molecule has 0 aliphatic carbocycles. The lowest BCUT2D eigenvalue weighted by Crippen LogP contribution is -2.41. The number of rotatable bonds is 7. The van der Waals surface area contributed by atoms with E-state index in [1.54, 1.807) is 18.2 Å². The fraction of sp³-hybridized carbons (Fsp3) is 0.571. The zero-order valence-corrected chi connectivity index (χ0v) is 10.9. The first-order valence-corrected chi connectivity index (χ1v) is 6.33. The van der Waals surface area contributed by atoms with Gasteiger partial charge in [0.2, 0.25) is 0 Å². The number of nitrogens with one attached hydrogen (secondary N) is 1. The average Bonchev–Trinajstić information content (AvgIpc) is 2.33. The van der Waals surface area contributed by atoms with Gasteiger partial charge in [-0.2, -0.15) is 0 Å². The van der Waals surface area contributed by atoms with Crippen molar-refractivity contribution in [3.63, 3.8) is 0 Å². The van der Waals surface area contributed by atoms with E-state index in [1.165, 1.54) is 6.07 Å². The van der Waals surface area contributed by atoms with Gasteiger partial charge in [-0.05, 0) is 38.4 Å². The molecule has 0 radical (unpaired) electrons.